The molecular weight excluding hydrogens is 750 g/mol. The molecule has 58 heavy (non-hydrogen) atoms. The molecule has 4 aliphatic rings. The lowest BCUT2D eigenvalue weighted by molar-refractivity contribution is -0.132. The molecule has 2 aliphatic carbocycles. The first kappa shape index (κ1) is 40.8. The van der Waals surface area contributed by atoms with Crippen molar-refractivity contribution in [2.45, 2.75) is 115 Å². The first-order chi connectivity index (χ1) is 28.2. The van der Waals surface area contributed by atoms with E-state index < -0.39 is 18.4 Å². The maximum Gasteiger partial charge on any atom is 0.263 e. The zero-order chi connectivity index (χ0) is 40.3. The van der Waals surface area contributed by atoms with Gasteiger partial charge in [0.2, 0.25) is 0 Å². The van der Waals surface area contributed by atoms with Crippen LogP contribution in [0.5, 0.6) is 0 Å². The number of carbonyl (C=O) groups is 1. The molecule has 0 spiro atoms. The summed E-state index contributed by atoms with van der Waals surface area (Å²) in [5.41, 5.74) is 10.3. The minimum atomic E-state index is -0.527. The van der Waals surface area contributed by atoms with Crippen LogP contribution in [-0.2, 0) is 30.8 Å². The van der Waals surface area contributed by atoms with Gasteiger partial charge >= 0.3 is 0 Å². The highest BCUT2D eigenvalue weighted by Crippen LogP contribution is 2.39. The molecule has 2 fully saturated rings. The average Bonchev–Trinajstić information content (AvgIpc) is 3.23. The van der Waals surface area contributed by atoms with Crippen molar-refractivity contribution in [2.24, 2.45) is 0 Å². The van der Waals surface area contributed by atoms with Gasteiger partial charge in [-0.3, -0.25) is 19.5 Å². The highest BCUT2D eigenvalue weighted by Gasteiger charge is 2.40. The van der Waals surface area contributed by atoms with E-state index in [1.54, 1.807) is 6.07 Å². The number of halogens is 1. The van der Waals surface area contributed by atoms with Crippen LogP contribution in [0.4, 0.5) is 22.7 Å². The van der Waals surface area contributed by atoms with Crippen LogP contribution in [0.1, 0.15) is 103 Å². The monoisotopic (exact) mass is 807 g/mol. The number of likely N-dealkylation sites (tertiary alicyclic amines) is 2. The van der Waals surface area contributed by atoms with Crippen molar-refractivity contribution in [2.75, 3.05) is 41.7 Å². The van der Waals surface area contributed by atoms with E-state index in [9.17, 15) is 20.4 Å². The summed E-state index contributed by atoms with van der Waals surface area (Å²) in [4.78, 5) is 22.3. The van der Waals surface area contributed by atoms with Gasteiger partial charge in [-0.05, 0) is 142 Å². The number of benzene rings is 4. The molecule has 0 aromatic heterocycles. The Kier molecular flexibility index (Phi) is 12.7. The maximum atomic E-state index is 15.7. The summed E-state index contributed by atoms with van der Waals surface area (Å²) in [5, 5.41) is 49.8. The molecule has 2 saturated heterocycles. The van der Waals surface area contributed by atoms with Gasteiger partial charge in [-0.2, -0.15) is 0 Å². The summed E-state index contributed by atoms with van der Waals surface area (Å²) in [7, 11) is 0. The standard InChI is InChI=1S/C47H58ClN5O5/c1-30-8-14-42(33(24-30)28-54)49-36-16-20-51(21-17-36)46(52-22-18-37(19-23-52)50-43-15-9-35(48)25-34(43)29-55)47(58)53(38-10-12-40-31(26-38)4-2-6-44(40)56)39-11-13-41-32(27-39)5-3-7-45(41)57/h8-15,24-27,36-37,44-46,49-50,54-57H,2-7,16-23,28-29H2,1H3. The second-order valence-corrected chi connectivity index (χ2v) is 17.3. The minimum Gasteiger partial charge on any atom is -0.392 e. The van der Waals surface area contributed by atoms with Crippen molar-refractivity contribution < 1.29 is 25.2 Å². The predicted molar refractivity (Wildman–Crippen MR) is 231 cm³/mol. The van der Waals surface area contributed by atoms with Gasteiger partial charge in [0.25, 0.3) is 5.91 Å². The number of aryl methyl sites for hydroxylation is 3. The second kappa shape index (κ2) is 18.1. The van der Waals surface area contributed by atoms with Crippen LogP contribution in [0.2, 0.25) is 5.02 Å². The van der Waals surface area contributed by atoms with Crippen LogP contribution in [0, 0.1) is 6.92 Å². The van der Waals surface area contributed by atoms with Crippen molar-refractivity contribution in [1.29, 1.82) is 0 Å². The fourth-order valence-electron chi connectivity index (χ4n) is 9.74. The van der Waals surface area contributed by atoms with E-state index in [1.165, 1.54) is 0 Å². The number of nitrogens with one attached hydrogen (secondary N) is 2. The van der Waals surface area contributed by atoms with Gasteiger partial charge in [0.1, 0.15) is 6.17 Å². The number of fused-ring (bicyclic) bond motifs is 2. The first-order valence-electron chi connectivity index (χ1n) is 21.3. The van der Waals surface area contributed by atoms with Crippen LogP contribution >= 0.6 is 11.6 Å². The Morgan fingerprint density at radius 2 is 1.17 bits per heavy atom. The highest BCUT2D eigenvalue weighted by atomic mass is 35.5. The van der Waals surface area contributed by atoms with Crippen LogP contribution in [0.25, 0.3) is 0 Å². The van der Waals surface area contributed by atoms with Gasteiger partial charge < -0.3 is 31.1 Å². The molecule has 2 heterocycles. The van der Waals surface area contributed by atoms with E-state index in [0.29, 0.717) is 18.1 Å². The van der Waals surface area contributed by atoms with Crippen molar-refractivity contribution in [3.63, 3.8) is 0 Å². The Labute approximate surface area is 347 Å². The van der Waals surface area contributed by atoms with Crippen LogP contribution in [0.15, 0.2) is 72.8 Å². The lowest BCUT2D eigenvalue weighted by Gasteiger charge is -2.46. The number of hydrogen-bond acceptors (Lipinski definition) is 9. The number of hydrogen-bond donors (Lipinski definition) is 6. The molecule has 10 nitrogen and oxygen atoms in total. The summed E-state index contributed by atoms with van der Waals surface area (Å²) in [6, 6.07) is 24.3. The number of anilines is 4. The smallest absolute Gasteiger partial charge is 0.263 e. The van der Waals surface area contributed by atoms with E-state index in [-0.39, 0.29) is 31.2 Å². The number of nitrogens with zero attached hydrogens (tertiary/aromatic N) is 3. The molecule has 4 aromatic rings. The molecule has 11 heteroatoms. The van der Waals surface area contributed by atoms with E-state index >= 15 is 4.79 Å². The van der Waals surface area contributed by atoms with E-state index in [1.807, 2.05) is 54.3 Å². The number of carbonyl (C=O) groups excluding carboxylic acids is 1. The SMILES string of the molecule is Cc1ccc(NC2CCN(C(C(=O)N(c3ccc4c(c3)CCCC4O)c3ccc4c(c3)CCCC4O)N3CCC(Nc4ccc(Cl)cc4CO)CC3)CC2)c(CO)c1. The van der Waals surface area contributed by atoms with Crippen LogP contribution < -0.4 is 15.5 Å². The lowest BCUT2D eigenvalue weighted by Crippen LogP contribution is -2.61. The quantitative estimate of drug-likeness (QED) is 0.0912. The Hall–Kier alpha value is -4.00. The maximum absolute atomic E-state index is 15.7. The summed E-state index contributed by atoms with van der Waals surface area (Å²) in [5.74, 6) is -0.00759. The molecule has 6 N–H and O–H groups in total. The van der Waals surface area contributed by atoms with E-state index in [4.69, 9.17) is 11.6 Å². The van der Waals surface area contributed by atoms with Crippen molar-refractivity contribution in [3.8, 4) is 0 Å². The minimum absolute atomic E-state index is 0.00759. The van der Waals surface area contributed by atoms with Gasteiger partial charge in [-0.25, -0.2) is 0 Å². The Balaban J connectivity index is 1.10. The Bertz CT molecular complexity index is 1940. The number of aliphatic hydroxyl groups is 4. The number of rotatable bonds is 11. The van der Waals surface area contributed by atoms with Gasteiger partial charge in [-0.1, -0.05) is 41.4 Å². The van der Waals surface area contributed by atoms with Gasteiger partial charge in [0.15, 0.2) is 0 Å². The molecule has 8 rings (SSSR count). The molecule has 308 valence electrons. The fraction of sp³-hybridized carbons (Fsp3) is 0.468. The zero-order valence-corrected chi connectivity index (χ0v) is 34.3. The van der Waals surface area contributed by atoms with Crippen molar-refractivity contribution in [1.82, 2.24) is 9.80 Å². The Morgan fingerprint density at radius 3 is 1.67 bits per heavy atom. The normalized spacial score (nSPS) is 21.2. The summed E-state index contributed by atoms with van der Waals surface area (Å²) in [6.07, 6.45) is 6.78. The molecule has 2 aliphatic heterocycles. The van der Waals surface area contributed by atoms with Crippen molar-refractivity contribution in [3.05, 3.63) is 117 Å². The number of piperidine rings is 2. The molecule has 0 saturated carbocycles. The first-order valence-corrected chi connectivity index (χ1v) is 21.6. The Morgan fingerprint density at radius 1 is 0.690 bits per heavy atom. The van der Waals surface area contributed by atoms with Gasteiger partial charge in [-0.15, -0.1) is 0 Å². The molecule has 3 unspecified atom stereocenters. The van der Waals surface area contributed by atoms with Crippen molar-refractivity contribution >= 4 is 40.3 Å². The number of amides is 1. The molecule has 0 radical (unpaired) electrons. The van der Waals surface area contributed by atoms with Gasteiger partial charge in [0, 0.05) is 77.2 Å². The zero-order valence-electron chi connectivity index (χ0n) is 33.5. The second-order valence-electron chi connectivity index (χ2n) is 16.8. The summed E-state index contributed by atoms with van der Waals surface area (Å²) < 4.78 is 0. The third kappa shape index (κ3) is 8.80. The van der Waals surface area contributed by atoms with E-state index in [0.717, 1.165) is 139 Å². The number of aliphatic hydroxyl groups excluding tert-OH is 4. The van der Waals surface area contributed by atoms with Crippen LogP contribution in [0.3, 0.4) is 0 Å². The highest BCUT2D eigenvalue weighted by molar-refractivity contribution is 6.30. The third-order valence-corrected chi connectivity index (χ3v) is 13.2. The third-order valence-electron chi connectivity index (χ3n) is 12.9. The summed E-state index contributed by atoms with van der Waals surface area (Å²) >= 11 is 6.24. The lowest BCUT2D eigenvalue weighted by atomic mass is 9.88. The van der Waals surface area contributed by atoms with Crippen LogP contribution in [-0.4, -0.2) is 80.6 Å². The molecule has 1 amide bonds. The largest absolute Gasteiger partial charge is 0.392 e. The molecular formula is C47H58ClN5O5. The molecule has 0 bridgehead atoms. The molecule has 3 atom stereocenters. The van der Waals surface area contributed by atoms with Gasteiger partial charge in [0.05, 0.1) is 25.4 Å². The van der Waals surface area contributed by atoms with E-state index in [2.05, 4.69) is 44.7 Å². The predicted octanol–water partition coefficient (Wildman–Crippen LogP) is 7.52. The molecule has 4 aromatic carbocycles. The topological polar surface area (TPSA) is 132 Å². The average molecular weight is 808 g/mol. The fourth-order valence-corrected chi connectivity index (χ4v) is 9.93. The summed E-state index contributed by atoms with van der Waals surface area (Å²) in [6.45, 7) is 4.76.